The van der Waals surface area contributed by atoms with Crippen LogP contribution < -0.4 is 5.32 Å². The number of nitrogens with zero attached hydrogens (tertiary/aromatic N) is 1. The summed E-state index contributed by atoms with van der Waals surface area (Å²) in [6.45, 7) is 5.40. The lowest BCUT2D eigenvalue weighted by molar-refractivity contribution is 0.0686. The molecule has 5 nitrogen and oxygen atoms in total. The predicted molar refractivity (Wildman–Crippen MR) is 94.0 cm³/mol. The monoisotopic (exact) mass is 360 g/mol. The summed E-state index contributed by atoms with van der Waals surface area (Å²) in [5.74, 6) is 0.414. The molecule has 0 aliphatic carbocycles. The number of nitrogens with one attached hydrogen (secondary N) is 1. The Bertz CT molecular complexity index is 626. The number of carbonyl (C=O) groups is 1. The molecular weight excluding hydrogens is 336 g/mol. The molecule has 1 N–H and O–H groups in total. The Balaban J connectivity index is 0.00000264. The van der Waals surface area contributed by atoms with E-state index in [1.165, 1.54) is 6.07 Å². The van der Waals surface area contributed by atoms with E-state index in [0.717, 1.165) is 32.2 Å². The lowest BCUT2D eigenvalue weighted by Gasteiger charge is -2.32. The molecule has 1 aromatic carbocycles. The van der Waals surface area contributed by atoms with Crippen molar-refractivity contribution in [2.45, 2.75) is 24.7 Å². The smallest absolute Gasteiger partial charge is 0.255 e. The van der Waals surface area contributed by atoms with Crippen LogP contribution in [0.15, 0.2) is 29.2 Å². The maximum Gasteiger partial charge on any atom is 0.255 e. The summed E-state index contributed by atoms with van der Waals surface area (Å²) in [6.07, 6.45) is 3.06. The van der Waals surface area contributed by atoms with E-state index in [1.807, 2.05) is 0 Å². The van der Waals surface area contributed by atoms with Gasteiger partial charge in [-0.2, -0.15) is 0 Å². The maximum atomic E-state index is 12.6. The van der Waals surface area contributed by atoms with Crippen LogP contribution in [0, 0.1) is 5.92 Å². The molecule has 0 radical (unpaired) electrons. The number of hydrogen-bond donors (Lipinski definition) is 1. The first-order chi connectivity index (χ1) is 10.4. The molecule has 0 unspecified atom stereocenters. The molecule has 1 fully saturated rings. The fraction of sp³-hybridized carbons (Fsp3) is 0.562. The summed E-state index contributed by atoms with van der Waals surface area (Å²) >= 11 is 0. The largest absolute Gasteiger partial charge is 0.339 e. The van der Waals surface area contributed by atoms with Gasteiger partial charge in [-0.3, -0.25) is 4.79 Å². The molecule has 0 bridgehead atoms. The fourth-order valence-electron chi connectivity index (χ4n) is 2.83. The molecule has 0 atom stereocenters. The van der Waals surface area contributed by atoms with Crippen molar-refractivity contribution >= 4 is 28.2 Å². The van der Waals surface area contributed by atoms with Gasteiger partial charge in [0, 0.05) is 19.3 Å². The third-order valence-corrected chi connectivity index (χ3v) is 5.26. The van der Waals surface area contributed by atoms with Crippen molar-refractivity contribution in [2.24, 2.45) is 5.92 Å². The summed E-state index contributed by atoms with van der Waals surface area (Å²) in [4.78, 5) is 14.5. The van der Waals surface area contributed by atoms with Gasteiger partial charge in [-0.25, -0.2) is 8.42 Å². The van der Waals surface area contributed by atoms with Gasteiger partial charge in [0.25, 0.3) is 5.91 Å². The molecule has 1 aliphatic rings. The SMILES string of the molecule is CCNCC1CCN(C(=O)c2ccccc2S(C)(=O)=O)CC1.Cl. The van der Waals surface area contributed by atoms with Crippen LogP contribution >= 0.6 is 12.4 Å². The predicted octanol–water partition coefficient (Wildman–Crippen LogP) is 1.97. The zero-order valence-electron chi connectivity index (χ0n) is 13.6. The van der Waals surface area contributed by atoms with Gasteiger partial charge in [0.15, 0.2) is 9.84 Å². The zero-order valence-corrected chi connectivity index (χ0v) is 15.3. The second-order valence-corrected chi connectivity index (χ2v) is 7.80. The van der Waals surface area contributed by atoms with Gasteiger partial charge in [0.2, 0.25) is 0 Å². The average molecular weight is 361 g/mol. The van der Waals surface area contributed by atoms with Crippen LogP contribution in [0.1, 0.15) is 30.1 Å². The Morgan fingerprint density at radius 1 is 1.26 bits per heavy atom. The van der Waals surface area contributed by atoms with Gasteiger partial charge in [-0.15, -0.1) is 12.4 Å². The highest BCUT2D eigenvalue weighted by Crippen LogP contribution is 2.22. The van der Waals surface area contributed by atoms with Crippen LogP contribution in [-0.4, -0.2) is 51.7 Å². The van der Waals surface area contributed by atoms with E-state index < -0.39 is 9.84 Å². The van der Waals surface area contributed by atoms with E-state index in [1.54, 1.807) is 23.1 Å². The van der Waals surface area contributed by atoms with Gasteiger partial charge >= 0.3 is 0 Å². The quantitative estimate of drug-likeness (QED) is 0.871. The number of piperidine rings is 1. The summed E-state index contributed by atoms with van der Waals surface area (Å²) < 4.78 is 23.7. The Labute approximate surface area is 144 Å². The van der Waals surface area contributed by atoms with E-state index in [-0.39, 0.29) is 28.8 Å². The van der Waals surface area contributed by atoms with E-state index in [0.29, 0.717) is 19.0 Å². The van der Waals surface area contributed by atoms with Crippen molar-refractivity contribution in [3.8, 4) is 0 Å². The van der Waals surface area contributed by atoms with Crippen molar-refractivity contribution in [3.05, 3.63) is 29.8 Å². The number of benzene rings is 1. The Morgan fingerprint density at radius 2 is 1.87 bits per heavy atom. The van der Waals surface area contributed by atoms with Gasteiger partial charge in [-0.05, 0) is 44.0 Å². The molecular formula is C16H25ClN2O3S. The first-order valence-electron chi connectivity index (χ1n) is 7.72. The highest BCUT2D eigenvalue weighted by Gasteiger charge is 2.26. The minimum Gasteiger partial charge on any atom is -0.339 e. The number of carbonyl (C=O) groups excluding carboxylic acids is 1. The molecule has 0 spiro atoms. The maximum absolute atomic E-state index is 12.6. The van der Waals surface area contributed by atoms with E-state index >= 15 is 0 Å². The molecule has 1 aliphatic heterocycles. The molecule has 1 heterocycles. The molecule has 1 saturated heterocycles. The first-order valence-corrected chi connectivity index (χ1v) is 9.61. The van der Waals surface area contributed by atoms with Crippen LogP contribution in [0.25, 0.3) is 0 Å². The molecule has 2 rings (SSSR count). The summed E-state index contributed by atoms with van der Waals surface area (Å²) in [5, 5.41) is 3.34. The number of rotatable bonds is 5. The summed E-state index contributed by atoms with van der Waals surface area (Å²) in [7, 11) is -3.40. The van der Waals surface area contributed by atoms with Crippen LogP contribution in [0.3, 0.4) is 0 Å². The molecule has 1 amide bonds. The first kappa shape index (κ1) is 19.9. The van der Waals surface area contributed by atoms with E-state index in [9.17, 15) is 13.2 Å². The van der Waals surface area contributed by atoms with Crippen molar-refractivity contribution in [1.29, 1.82) is 0 Å². The fourth-order valence-corrected chi connectivity index (χ4v) is 3.71. The normalized spacial score (nSPS) is 16.0. The van der Waals surface area contributed by atoms with E-state index in [4.69, 9.17) is 0 Å². The van der Waals surface area contributed by atoms with Crippen molar-refractivity contribution < 1.29 is 13.2 Å². The minimum absolute atomic E-state index is 0. The van der Waals surface area contributed by atoms with Gasteiger partial charge in [-0.1, -0.05) is 19.1 Å². The topological polar surface area (TPSA) is 66.5 Å². The van der Waals surface area contributed by atoms with Crippen molar-refractivity contribution in [3.63, 3.8) is 0 Å². The molecule has 0 aromatic heterocycles. The van der Waals surface area contributed by atoms with Crippen LogP contribution in [0.2, 0.25) is 0 Å². The zero-order chi connectivity index (χ0) is 16.2. The second-order valence-electron chi connectivity index (χ2n) is 5.81. The lowest BCUT2D eigenvalue weighted by atomic mass is 9.96. The number of amides is 1. The highest BCUT2D eigenvalue weighted by molar-refractivity contribution is 7.90. The summed E-state index contributed by atoms with van der Waals surface area (Å²) in [5.41, 5.74) is 0.287. The van der Waals surface area contributed by atoms with Gasteiger partial charge < -0.3 is 10.2 Å². The Hall–Kier alpha value is -1.11. The third-order valence-electron chi connectivity index (χ3n) is 4.10. The van der Waals surface area contributed by atoms with Crippen molar-refractivity contribution in [1.82, 2.24) is 10.2 Å². The summed E-state index contributed by atoms with van der Waals surface area (Å²) in [6, 6.07) is 6.46. The Kier molecular flexibility index (Phi) is 7.51. The van der Waals surface area contributed by atoms with Crippen LogP contribution in [0.4, 0.5) is 0 Å². The molecule has 7 heteroatoms. The highest BCUT2D eigenvalue weighted by atomic mass is 35.5. The number of likely N-dealkylation sites (tertiary alicyclic amines) is 1. The third kappa shape index (κ3) is 5.19. The van der Waals surface area contributed by atoms with Crippen molar-refractivity contribution in [2.75, 3.05) is 32.4 Å². The van der Waals surface area contributed by atoms with Gasteiger partial charge in [0.1, 0.15) is 0 Å². The molecule has 0 saturated carbocycles. The number of halogens is 1. The van der Waals surface area contributed by atoms with E-state index in [2.05, 4.69) is 12.2 Å². The number of sulfone groups is 1. The lowest BCUT2D eigenvalue weighted by Crippen LogP contribution is -2.41. The Morgan fingerprint density at radius 3 is 2.43 bits per heavy atom. The second kappa shape index (κ2) is 8.66. The minimum atomic E-state index is -3.40. The standard InChI is InChI=1S/C16H24N2O3S.ClH/c1-3-17-12-13-8-10-18(11-9-13)16(19)14-6-4-5-7-15(14)22(2,20)21;/h4-7,13,17H,3,8-12H2,1-2H3;1H. The number of hydrogen-bond acceptors (Lipinski definition) is 4. The average Bonchev–Trinajstić information content (AvgIpc) is 2.52. The molecule has 23 heavy (non-hydrogen) atoms. The molecule has 130 valence electrons. The van der Waals surface area contributed by atoms with Gasteiger partial charge in [0.05, 0.1) is 10.5 Å². The van der Waals surface area contributed by atoms with Crippen LogP contribution in [-0.2, 0) is 9.84 Å². The van der Waals surface area contributed by atoms with Crippen LogP contribution in [0.5, 0.6) is 0 Å². The molecule has 1 aromatic rings.